The van der Waals surface area contributed by atoms with Gasteiger partial charge in [0.15, 0.2) is 0 Å². The van der Waals surface area contributed by atoms with E-state index in [1.54, 1.807) is 6.20 Å². The molecule has 0 saturated carbocycles. The van der Waals surface area contributed by atoms with E-state index in [0.29, 0.717) is 12.5 Å². The highest BCUT2D eigenvalue weighted by molar-refractivity contribution is 5.86. The Morgan fingerprint density at radius 3 is 2.88 bits per heavy atom. The lowest BCUT2D eigenvalue weighted by atomic mass is 10.1. The van der Waals surface area contributed by atoms with Crippen molar-refractivity contribution < 1.29 is 9.53 Å². The van der Waals surface area contributed by atoms with Crippen LogP contribution in [0.25, 0.3) is 22.0 Å². The van der Waals surface area contributed by atoms with E-state index in [4.69, 9.17) is 4.98 Å². The minimum atomic E-state index is -0.400. The molecule has 3 aromatic rings. The van der Waals surface area contributed by atoms with Gasteiger partial charge in [-0.25, -0.2) is 14.8 Å². The second kappa shape index (κ2) is 7.00. The molecule has 1 fully saturated rings. The van der Waals surface area contributed by atoms with E-state index in [2.05, 4.69) is 50.3 Å². The van der Waals surface area contributed by atoms with Crippen molar-refractivity contribution in [3.8, 4) is 11.3 Å². The molecule has 0 aliphatic carbocycles. The van der Waals surface area contributed by atoms with Crippen LogP contribution in [0.2, 0.25) is 0 Å². The van der Waals surface area contributed by atoms with Gasteiger partial charge in [-0.2, -0.15) is 0 Å². The van der Waals surface area contributed by atoms with E-state index in [9.17, 15) is 4.79 Å². The monoisotopic (exact) mass is 348 g/mol. The van der Waals surface area contributed by atoms with Gasteiger partial charge in [-0.1, -0.05) is 36.4 Å². The fourth-order valence-corrected chi connectivity index (χ4v) is 3.30. The Morgan fingerprint density at radius 2 is 2.04 bits per heavy atom. The molecule has 6 heteroatoms. The minimum Gasteiger partial charge on any atom is -0.453 e. The zero-order valence-electron chi connectivity index (χ0n) is 14.6. The van der Waals surface area contributed by atoms with Gasteiger partial charge in [0, 0.05) is 24.8 Å². The summed E-state index contributed by atoms with van der Waals surface area (Å²) in [6.07, 6.45) is 2.23. The molecule has 2 heterocycles. The van der Waals surface area contributed by atoms with Crippen molar-refractivity contribution in [1.82, 2.24) is 15.3 Å². The number of ether oxygens (including phenoxy) is 1. The van der Waals surface area contributed by atoms with E-state index in [1.165, 1.54) is 17.9 Å². The first-order valence-corrected chi connectivity index (χ1v) is 8.64. The predicted octanol–water partition coefficient (Wildman–Crippen LogP) is 3.23. The smallest absolute Gasteiger partial charge is 0.407 e. The molecule has 0 radical (unpaired) electrons. The first-order valence-electron chi connectivity index (χ1n) is 8.64. The Kier molecular flexibility index (Phi) is 4.39. The molecule has 6 nitrogen and oxygen atoms in total. The SMILES string of the molecule is COC(=O)N[C@@H]1CCN(c2nccc(-c3ccc4ccccc4c3)n2)C1. The average molecular weight is 348 g/mol. The Hall–Kier alpha value is -3.15. The molecular formula is C20H20N4O2. The molecule has 0 unspecified atom stereocenters. The molecule has 1 saturated heterocycles. The number of alkyl carbamates (subject to hydrolysis) is 1. The van der Waals surface area contributed by atoms with Crippen LogP contribution in [0.1, 0.15) is 6.42 Å². The number of nitrogens with one attached hydrogen (secondary N) is 1. The van der Waals surface area contributed by atoms with Gasteiger partial charge in [-0.15, -0.1) is 0 Å². The number of anilines is 1. The maximum Gasteiger partial charge on any atom is 0.407 e. The molecule has 132 valence electrons. The van der Waals surface area contributed by atoms with Crippen molar-refractivity contribution in [2.45, 2.75) is 12.5 Å². The lowest BCUT2D eigenvalue weighted by molar-refractivity contribution is 0.167. The number of hydrogen-bond acceptors (Lipinski definition) is 5. The van der Waals surface area contributed by atoms with E-state index < -0.39 is 6.09 Å². The number of carbonyl (C=O) groups is 1. The standard InChI is InChI=1S/C20H20N4O2/c1-26-20(25)22-17-9-11-24(13-17)19-21-10-8-18(23-19)16-7-6-14-4-2-3-5-15(14)12-16/h2-8,10,12,17H,9,11,13H2,1H3,(H,22,25)/t17-/m1/s1. The zero-order chi connectivity index (χ0) is 17.9. The average Bonchev–Trinajstić information content (AvgIpc) is 3.16. The summed E-state index contributed by atoms with van der Waals surface area (Å²) in [4.78, 5) is 22.6. The zero-order valence-corrected chi connectivity index (χ0v) is 14.6. The summed E-state index contributed by atoms with van der Waals surface area (Å²) < 4.78 is 4.67. The predicted molar refractivity (Wildman–Crippen MR) is 101 cm³/mol. The third kappa shape index (κ3) is 3.31. The van der Waals surface area contributed by atoms with E-state index in [1.807, 2.05) is 18.2 Å². The van der Waals surface area contributed by atoms with E-state index in [-0.39, 0.29) is 6.04 Å². The van der Waals surface area contributed by atoms with Crippen LogP contribution in [0.4, 0.5) is 10.7 Å². The number of carbonyl (C=O) groups excluding carboxylic acids is 1. The quantitative estimate of drug-likeness (QED) is 0.787. The molecule has 1 aliphatic rings. The van der Waals surface area contributed by atoms with Crippen LogP contribution in [0.5, 0.6) is 0 Å². The summed E-state index contributed by atoms with van der Waals surface area (Å²) >= 11 is 0. The van der Waals surface area contributed by atoms with Gasteiger partial charge in [0.2, 0.25) is 5.95 Å². The number of amides is 1. The number of hydrogen-bond donors (Lipinski definition) is 1. The molecule has 0 bridgehead atoms. The van der Waals surface area contributed by atoms with Crippen LogP contribution in [0, 0.1) is 0 Å². The third-order valence-corrected chi connectivity index (χ3v) is 4.67. The Balaban J connectivity index is 1.56. The molecule has 1 N–H and O–H groups in total. The maximum atomic E-state index is 11.4. The Morgan fingerprint density at radius 1 is 1.19 bits per heavy atom. The van der Waals surface area contributed by atoms with Crippen molar-refractivity contribution >= 4 is 22.8 Å². The highest BCUT2D eigenvalue weighted by atomic mass is 16.5. The van der Waals surface area contributed by atoms with Crippen molar-refractivity contribution in [1.29, 1.82) is 0 Å². The van der Waals surface area contributed by atoms with Crippen LogP contribution in [-0.4, -0.2) is 42.3 Å². The number of fused-ring (bicyclic) bond motifs is 1. The number of methoxy groups -OCH3 is 1. The number of nitrogens with zero attached hydrogens (tertiary/aromatic N) is 3. The van der Waals surface area contributed by atoms with Crippen molar-refractivity contribution in [2.24, 2.45) is 0 Å². The summed E-state index contributed by atoms with van der Waals surface area (Å²) in [6, 6.07) is 16.6. The minimum absolute atomic E-state index is 0.0513. The second-order valence-corrected chi connectivity index (χ2v) is 6.37. The number of aromatic nitrogens is 2. The van der Waals surface area contributed by atoms with Crippen molar-refractivity contribution in [2.75, 3.05) is 25.1 Å². The molecule has 26 heavy (non-hydrogen) atoms. The van der Waals surface area contributed by atoms with Gasteiger partial charge in [0.1, 0.15) is 0 Å². The molecule has 1 aromatic heterocycles. The first kappa shape index (κ1) is 16.3. The number of rotatable bonds is 3. The van der Waals surface area contributed by atoms with Gasteiger partial charge in [-0.05, 0) is 29.3 Å². The molecule has 1 amide bonds. The summed E-state index contributed by atoms with van der Waals surface area (Å²) in [7, 11) is 1.37. The van der Waals surface area contributed by atoms with Gasteiger partial charge >= 0.3 is 6.09 Å². The van der Waals surface area contributed by atoms with Crippen molar-refractivity contribution in [3.63, 3.8) is 0 Å². The highest BCUT2D eigenvalue weighted by Gasteiger charge is 2.26. The largest absolute Gasteiger partial charge is 0.453 e. The van der Waals surface area contributed by atoms with Gasteiger partial charge < -0.3 is 15.0 Å². The Labute approximate surface area is 151 Å². The third-order valence-electron chi connectivity index (χ3n) is 4.67. The second-order valence-electron chi connectivity index (χ2n) is 6.37. The fourth-order valence-electron chi connectivity index (χ4n) is 3.30. The van der Waals surface area contributed by atoms with E-state index in [0.717, 1.165) is 24.2 Å². The molecule has 2 aromatic carbocycles. The van der Waals surface area contributed by atoms with Crippen LogP contribution in [-0.2, 0) is 4.74 Å². The normalized spacial score (nSPS) is 16.7. The van der Waals surface area contributed by atoms with Gasteiger partial charge in [0.05, 0.1) is 18.8 Å². The van der Waals surface area contributed by atoms with Crippen LogP contribution < -0.4 is 10.2 Å². The molecular weight excluding hydrogens is 328 g/mol. The van der Waals surface area contributed by atoms with Crippen LogP contribution >= 0.6 is 0 Å². The van der Waals surface area contributed by atoms with E-state index >= 15 is 0 Å². The fraction of sp³-hybridized carbons (Fsp3) is 0.250. The van der Waals surface area contributed by atoms with Crippen LogP contribution in [0.15, 0.2) is 54.7 Å². The topological polar surface area (TPSA) is 67.3 Å². The number of benzene rings is 2. The summed E-state index contributed by atoms with van der Waals surface area (Å²) in [5, 5.41) is 5.23. The van der Waals surface area contributed by atoms with Gasteiger partial charge in [-0.3, -0.25) is 0 Å². The molecule has 1 aliphatic heterocycles. The summed E-state index contributed by atoms with van der Waals surface area (Å²) in [5.74, 6) is 0.685. The lowest BCUT2D eigenvalue weighted by Gasteiger charge is -2.17. The van der Waals surface area contributed by atoms with Crippen LogP contribution in [0.3, 0.4) is 0 Å². The molecule has 0 spiro atoms. The van der Waals surface area contributed by atoms with Crippen molar-refractivity contribution in [3.05, 3.63) is 54.7 Å². The lowest BCUT2D eigenvalue weighted by Crippen LogP contribution is -2.37. The first-order chi connectivity index (χ1) is 12.7. The highest BCUT2D eigenvalue weighted by Crippen LogP contribution is 2.25. The molecule has 1 atom stereocenters. The summed E-state index contributed by atoms with van der Waals surface area (Å²) in [5.41, 5.74) is 1.96. The van der Waals surface area contributed by atoms with Gasteiger partial charge in [0.25, 0.3) is 0 Å². The Bertz CT molecular complexity index is 944. The molecule has 4 rings (SSSR count). The summed E-state index contributed by atoms with van der Waals surface area (Å²) in [6.45, 7) is 1.48. The maximum absolute atomic E-state index is 11.4.